The van der Waals surface area contributed by atoms with E-state index in [4.69, 9.17) is 4.74 Å². The molecular formula is C20H19N3O4S2. The number of amides is 1. The molecule has 1 amide bonds. The van der Waals surface area contributed by atoms with Gasteiger partial charge in [0.2, 0.25) is 5.91 Å². The number of aromatic nitrogens is 1. The average molecular weight is 430 g/mol. The highest BCUT2D eigenvalue weighted by Crippen LogP contribution is 2.20. The highest BCUT2D eigenvalue weighted by molar-refractivity contribution is 7.93. The van der Waals surface area contributed by atoms with Crippen LogP contribution in [0, 0.1) is 0 Å². The number of ether oxygens (including phenoxy) is 1. The first kappa shape index (κ1) is 20.6. The van der Waals surface area contributed by atoms with Crippen LogP contribution in [0.5, 0.6) is 5.75 Å². The molecule has 0 spiro atoms. The van der Waals surface area contributed by atoms with E-state index in [-0.39, 0.29) is 10.8 Å². The maximum atomic E-state index is 12.3. The van der Waals surface area contributed by atoms with Gasteiger partial charge in [-0.15, -0.1) is 11.3 Å². The van der Waals surface area contributed by atoms with Crippen molar-refractivity contribution < 1.29 is 17.9 Å². The van der Waals surface area contributed by atoms with E-state index in [0.717, 1.165) is 11.3 Å². The lowest BCUT2D eigenvalue weighted by Gasteiger charge is -2.07. The monoisotopic (exact) mass is 429 g/mol. The number of hydrogen-bond donors (Lipinski definition) is 2. The van der Waals surface area contributed by atoms with Crippen LogP contribution in [0.1, 0.15) is 12.5 Å². The molecular weight excluding hydrogens is 410 g/mol. The van der Waals surface area contributed by atoms with E-state index >= 15 is 0 Å². The SMILES string of the molecule is CCOc1cccc(C=CC(=O)Nc2ccc(S(=O)(=O)Nc3nccs3)cc2)c1. The van der Waals surface area contributed by atoms with Crippen molar-refractivity contribution in [3.8, 4) is 5.75 Å². The van der Waals surface area contributed by atoms with Gasteiger partial charge in [0.15, 0.2) is 5.13 Å². The van der Waals surface area contributed by atoms with Gasteiger partial charge in [-0.1, -0.05) is 12.1 Å². The smallest absolute Gasteiger partial charge is 0.263 e. The van der Waals surface area contributed by atoms with E-state index in [1.807, 2.05) is 31.2 Å². The third-order valence-electron chi connectivity index (χ3n) is 3.68. The molecule has 3 rings (SSSR count). The molecule has 2 N–H and O–H groups in total. The zero-order chi connectivity index (χ0) is 20.7. The summed E-state index contributed by atoms with van der Waals surface area (Å²) in [5.74, 6) is 0.404. The van der Waals surface area contributed by atoms with Crippen LogP contribution >= 0.6 is 11.3 Å². The van der Waals surface area contributed by atoms with E-state index in [9.17, 15) is 13.2 Å². The molecule has 29 heavy (non-hydrogen) atoms. The number of nitrogens with one attached hydrogen (secondary N) is 2. The summed E-state index contributed by atoms with van der Waals surface area (Å²) in [6.45, 7) is 2.47. The molecule has 0 aliphatic rings. The van der Waals surface area contributed by atoms with Crippen LogP contribution in [-0.4, -0.2) is 25.9 Å². The molecule has 0 aliphatic heterocycles. The van der Waals surface area contributed by atoms with Crippen LogP contribution < -0.4 is 14.8 Å². The zero-order valence-corrected chi connectivity index (χ0v) is 17.2. The Bertz CT molecular complexity index is 1090. The molecule has 0 aliphatic carbocycles. The average Bonchev–Trinajstić information content (AvgIpc) is 3.20. The standard InChI is InChI=1S/C20H19N3O4S2/c1-2-27-17-5-3-4-15(14-17)6-11-19(24)22-16-7-9-18(10-8-16)29(25,26)23-20-21-12-13-28-20/h3-14H,2H2,1H3,(H,21,23)(H,22,24). The van der Waals surface area contributed by atoms with Crippen LogP contribution in [0.15, 0.2) is 71.1 Å². The maximum absolute atomic E-state index is 12.3. The highest BCUT2D eigenvalue weighted by Gasteiger charge is 2.15. The van der Waals surface area contributed by atoms with Gasteiger partial charge in [0.05, 0.1) is 11.5 Å². The molecule has 0 fully saturated rings. The number of anilines is 2. The Kier molecular flexibility index (Phi) is 6.63. The van der Waals surface area contributed by atoms with E-state index in [1.165, 1.54) is 47.9 Å². The van der Waals surface area contributed by atoms with Crippen molar-refractivity contribution in [3.05, 3.63) is 71.7 Å². The highest BCUT2D eigenvalue weighted by atomic mass is 32.2. The lowest BCUT2D eigenvalue weighted by molar-refractivity contribution is -0.111. The fourth-order valence-electron chi connectivity index (χ4n) is 2.40. The molecule has 7 nitrogen and oxygen atoms in total. The number of carbonyl (C=O) groups is 1. The zero-order valence-electron chi connectivity index (χ0n) is 15.5. The molecule has 0 saturated carbocycles. The summed E-state index contributed by atoms with van der Waals surface area (Å²) in [5, 5.41) is 4.66. The Labute approximate surface area is 173 Å². The molecule has 1 aromatic heterocycles. The van der Waals surface area contributed by atoms with Gasteiger partial charge in [-0.3, -0.25) is 9.52 Å². The van der Waals surface area contributed by atoms with E-state index in [0.29, 0.717) is 17.4 Å². The normalized spacial score (nSPS) is 11.3. The van der Waals surface area contributed by atoms with Gasteiger partial charge in [-0.05, 0) is 55.0 Å². The fourth-order valence-corrected chi connectivity index (χ4v) is 4.18. The number of rotatable bonds is 8. The first-order valence-corrected chi connectivity index (χ1v) is 11.1. The van der Waals surface area contributed by atoms with Crippen molar-refractivity contribution in [3.63, 3.8) is 0 Å². The van der Waals surface area contributed by atoms with Crippen LogP contribution in [0.25, 0.3) is 6.08 Å². The van der Waals surface area contributed by atoms with Crippen LogP contribution in [0.3, 0.4) is 0 Å². The Balaban J connectivity index is 1.62. The summed E-state index contributed by atoms with van der Waals surface area (Å²) in [6.07, 6.45) is 4.59. The van der Waals surface area contributed by atoms with Crippen LogP contribution in [0.4, 0.5) is 10.8 Å². The number of nitrogens with zero attached hydrogens (tertiary/aromatic N) is 1. The third kappa shape index (κ3) is 5.90. The summed E-state index contributed by atoms with van der Waals surface area (Å²) >= 11 is 1.19. The van der Waals surface area contributed by atoms with Crippen molar-refractivity contribution >= 4 is 44.2 Å². The second-order valence-corrected chi connectivity index (χ2v) is 8.37. The lowest BCUT2D eigenvalue weighted by Crippen LogP contribution is -2.13. The van der Waals surface area contributed by atoms with Gasteiger partial charge in [-0.25, -0.2) is 13.4 Å². The minimum atomic E-state index is -3.72. The Morgan fingerprint density at radius 1 is 1.21 bits per heavy atom. The van der Waals surface area contributed by atoms with Crippen molar-refractivity contribution in [1.29, 1.82) is 0 Å². The van der Waals surface area contributed by atoms with Gasteiger partial charge in [0.25, 0.3) is 10.0 Å². The quantitative estimate of drug-likeness (QED) is 0.528. The summed E-state index contributed by atoms with van der Waals surface area (Å²) in [6, 6.07) is 13.3. The van der Waals surface area contributed by atoms with Gasteiger partial charge in [-0.2, -0.15) is 0 Å². The number of benzene rings is 2. The van der Waals surface area contributed by atoms with E-state index in [2.05, 4.69) is 15.0 Å². The molecule has 3 aromatic rings. The molecule has 1 heterocycles. The minimum absolute atomic E-state index is 0.0778. The molecule has 0 radical (unpaired) electrons. The van der Waals surface area contributed by atoms with Crippen molar-refractivity contribution in [1.82, 2.24) is 4.98 Å². The predicted molar refractivity (Wildman–Crippen MR) is 115 cm³/mol. The Hall–Kier alpha value is -3.17. The van der Waals surface area contributed by atoms with E-state index < -0.39 is 10.0 Å². The van der Waals surface area contributed by atoms with Crippen molar-refractivity contribution in [2.45, 2.75) is 11.8 Å². The fraction of sp³-hybridized carbons (Fsp3) is 0.100. The van der Waals surface area contributed by atoms with Gasteiger partial charge in [0, 0.05) is 23.3 Å². The first-order chi connectivity index (χ1) is 14.0. The minimum Gasteiger partial charge on any atom is -0.494 e. The molecule has 0 bridgehead atoms. The predicted octanol–water partition coefficient (Wildman–Crippen LogP) is 3.99. The van der Waals surface area contributed by atoms with E-state index in [1.54, 1.807) is 11.5 Å². The molecule has 0 atom stereocenters. The summed E-state index contributed by atoms with van der Waals surface area (Å²) in [5.41, 5.74) is 1.32. The van der Waals surface area contributed by atoms with Crippen molar-refractivity contribution in [2.24, 2.45) is 0 Å². The third-order valence-corrected chi connectivity index (χ3v) is 5.85. The number of hydrogen-bond acceptors (Lipinski definition) is 6. The van der Waals surface area contributed by atoms with Crippen LogP contribution in [0.2, 0.25) is 0 Å². The maximum Gasteiger partial charge on any atom is 0.263 e. The molecule has 150 valence electrons. The molecule has 2 aromatic carbocycles. The summed E-state index contributed by atoms with van der Waals surface area (Å²) in [7, 11) is -3.72. The number of sulfonamides is 1. The van der Waals surface area contributed by atoms with Gasteiger partial charge in [0.1, 0.15) is 5.75 Å². The molecule has 0 unspecified atom stereocenters. The second-order valence-electron chi connectivity index (χ2n) is 5.80. The first-order valence-electron chi connectivity index (χ1n) is 8.70. The Morgan fingerprint density at radius 2 is 2.00 bits per heavy atom. The second kappa shape index (κ2) is 9.35. The largest absolute Gasteiger partial charge is 0.494 e. The summed E-state index contributed by atoms with van der Waals surface area (Å²) in [4.78, 5) is 16.1. The number of thiazole rings is 1. The van der Waals surface area contributed by atoms with Gasteiger partial charge < -0.3 is 10.1 Å². The summed E-state index contributed by atoms with van der Waals surface area (Å²) < 4.78 is 32.5. The molecule has 0 saturated heterocycles. The van der Waals surface area contributed by atoms with Gasteiger partial charge >= 0.3 is 0 Å². The topological polar surface area (TPSA) is 97.4 Å². The lowest BCUT2D eigenvalue weighted by atomic mass is 10.2. The van der Waals surface area contributed by atoms with Crippen molar-refractivity contribution in [2.75, 3.05) is 16.6 Å². The number of carbonyl (C=O) groups excluding carboxylic acids is 1. The molecule has 9 heteroatoms. The Morgan fingerprint density at radius 3 is 2.69 bits per heavy atom. The van der Waals surface area contributed by atoms with Crippen LogP contribution in [-0.2, 0) is 14.8 Å².